The smallest absolute Gasteiger partial charge is 0.462 e. The van der Waals surface area contributed by atoms with E-state index in [1.165, 1.54) is 77.0 Å². The number of hydrogen-bond acceptors (Lipinski definition) is 7. The highest BCUT2D eigenvalue weighted by Crippen LogP contribution is 2.43. The van der Waals surface area contributed by atoms with Crippen molar-refractivity contribution in [2.24, 2.45) is 0 Å². The van der Waals surface area contributed by atoms with Gasteiger partial charge in [-0.1, -0.05) is 154 Å². The van der Waals surface area contributed by atoms with Gasteiger partial charge in [0, 0.05) is 15.6 Å². The second-order valence-electron chi connectivity index (χ2n) is 15.5. The molecular formula is C43H83NO8P+. The van der Waals surface area contributed by atoms with Gasteiger partial charge in [-0.15, -0.1) is 0 Å². The van der Waals surface area contributed by atoms with E-state index < -0.39 is 38.8 Å². The van der Waals surface area contributed by atoms with Crippen molar-refractivity contribution in [3.8, 4) is 0 Å². The molecule has 0 aliphatic rings. The Morgan fingerprint density at radius 2 is 1.06 bits per heavy atom. The number of ether oxygens (including phenoxy) is 2. The van der Waals surface area contributed by atoms with Crippen molar-refractivity contribution in [3.63, 3.8) is 0 Å². The third kappa shape index (κ3) is 40.0. The van der Waals surface area contributed by atoms with E-state index in [1.807, 2.05) is 33.3 Å². The van der Waals surface area contributed by atoms with Crippen LogP contribution >= 0.6 is 7.82 Å². The molecule has 53 heavy (non-hydrogen) atoms. The van der Waals surface area contributed by atoms with E-state index >= 15 is 0 Å². The number of hydrogen-bond donors (Lipinski definition) is 1. The first kappa shape index (κ1) is 47.6. The quantitative estimate of drug-likeness (QED) is 0.0216. The average molecular weight is 775 g/mol. The van der Waals surface area contributed by atoms with Crippen LogP contribution in [0.1, 0.15) is 190 Å². The number of unbranched alkanes of at least 4 members (excludes halogenated alkanes) is 21. The maximum absolute atomic E-state index is 12.7. The zero-order valence-electron chi connectivity index (χ0n) is 36.8. The number of carbonyl (C=O) groups is 2. The molecule has 9 nitrogen and oxygen atoms in total. The van der Waals surface area contributed by atoms with Gasteiger partial charge in [-0.2, -0.15) is 0 Å². The second-order valence-corrected chi connectivity index (χ2v) is 17.0. The van der Waals surface area contributed by atoms with Gasteiger partial charge in [0.25, 0.3) is 0 Å². The van der Waals surface area contributed by atoms with Crippen LogP contribution in [-0.2, 0) is 32.7 Å². The maximum Gasteiger partial charge on any atom is 0.472 e. The monoisotopic (exact) mass is 775 g/mol. The summed E-state index contributed by atoms with van der Waals surface area (Å²) in [6.45, 7) is 4.22. The summed E-state index contributed by atoms with van der Waals surface area (Å²) in [7, 11) is 1.41. The van der Waals surface area contributed by atoms with Crippen LogP contribution in [0.15, 0.2) is 24.3 Å². The summed E-state index contributed by atoms with van der Waals surface area (Å²) in [5, 5.41) is 0. The van der Waals surface area contributed by atoms with Crippen molar-refractivity contribution in [2.45, 2.75) is 193 Å². The highest BCUT2D eigenvalue weighted by atomic mass is 31.2. The topological polar surface area (TPSA) is 108 Å². The SMILES string of the molecule is [2H]C([2H])(/C=C\CCCCC)/C=C\CCCCCCCC(=O)O[C@H](COC(=O)CCCCCCCCCCCCCCCC)COP(=O)(O)OCC[N+](C)(C)C. The molecule has 0 bridgehead atoms. The van der Waals surface area contributed by atoms with Gasteiger partial charge in [-0.3, -0.25) is 18.6 Å². The molecule has 0 spiro atoms. The molecule has 0 saturated heterocycles. The Kier molecular flexibility index (Phi) is 32.5. The van der Waals surface area contributed by atoms with Crippen LogP contribution in [0.3, 0.4) is 0 Å². The number of allylic oxidation sites excluding steroid dienone is 4. The molecule has 1 N–H and O–H groups in total. The number of likely N-dealkylation sites (N-methyl/N-ethyl adjacent to an activating group) is 1. The lowest BCUT2D eigenvalue weighted by atomic mass is 10.0. The number of esters is 2. The van der Waals surface area contributed by atoms with E-state index in [2.05, 4.69) is 13.8 Å². The van der Waals surface area contributed by atoms with E-state index in [-0.39, 0.29) is 26.1 Å². The highest BCUT2D eigenvalue weighted by molar-refractivity contribution is 7.47. The van der Waals surface area contributed by atoms with Crippen LogP contribution in [0.2, 0.25) is 0 Å². The van der Waals surface area contributed by atoms with E-state index in [4.69, 9.17) is 21.3 Å². The van der Waals surface area contributed by atoms with E-state index in [0.29, 0.717) is 17.4 Å². The Morgan fingerprint density at radius 3 is 1.57 bits per heavy atom. The van der Waals surface area contributed by atoms with Crippen LogP contribution in [-0.4, -0.2) is 74.9 Å². The van der Waals surface area contributed by atoms with Crippen LogP contribution < -0.4 is 0 Å². The molecule has 0 aliphatic carbocycles. The predicted octanol–water partition coefficient (Wildman–Crippen LogP) is 12.0. The summed E-state index contributed by atoms with van der Waals surface area (Å²) >= 11 is 0. The lowest BCUT2D eigenvalue weighted by Crippen LogP contribution is -2.37. The van der Waals surface area contributed by atoms with Gasteiger partial charge in [-0.05, 0) is 44.9 Å². The molecule has 312 valence electrons. The predicted molar refractivity (Wildman–Crippen MR) is 220 cm³/mol. The van der Waals surface area contributed by atoms with Gasteiger partial charge in [0.2, 0.25) is 0 Å². The Labute approximate surface area is 329 Å². The zero-order chi connectivity index (χ0) is 41.1. The molecule has 0 aromatic rings. The minimum absolute atomic E-state index is 0.0119. The van der Waals surface area contributed by atoms with Gasteiger partial charge in [-0.25, -0.2) is 4.57 Å². The zero-order valence-corrected chi connectivity index (χ0v) is 35.7. The van der Waals surface area contributed by atoms with Crippen molar-refractivity contribution >= 4 is 19.8 Å². The minimum atomic E-state index is -4.40. The Balaban J connectivity index is 4.49. The first-order valence-electron chi connectivity index (χ1n) is 22.3. The number of rotatable bonds is 39. The summed E-state index contributed by atoms with van der Waals surface area (Å²) in [6.07, 6.45) is 31.7. The summed E-state index contributed by atoms with van der Waals surface area (Å²) in [4.78, 5) is 35.3. The van der Waals surface area contributed by atoms with Gasteiger partial charge in [0.05, 0.1) is 27.7 Å². The Bertz CT molecular complexity index is 1050. The largest absolute Gasteiger partial charge is 0.472 e. The first-order valence-corrected chi connectivity index (χ1v) is 22.8. The van der Waals surface area contributed by atoms with Crippen molar-refractivity contribution < 1.29 is 44.8 Å². The average Bonchev–Trinajstić information content (AvgIpc) is 3.11. The van der Waals surface area contributed by atoms with Crippen LogP contribution in [0.25, 0.3) is 0 Å². The molecule has 10 heteroatoms. The fourth-order valence-electron chi connectivity index (χ4n) is 5.66. The molecule has 0 heterocycles. The lowest BCUT2D eigenvalue weighted by molar-refractivity contribution is -0.870. The Morgan fingerprint density at radius 1 is 0.623 bits per heavy atom. The van der Waals surface area contributed by atoms with Crippen LogP contribution in [0.4, 0.5) is 0 Å². The second kappa shape index (κ2) is 36.1. The Hall–Kier alpha value is -1.51. The van der Waals surface area contributed by atoms with Crippen molar-refractivity contribution in [3.05, 3.63) is 24.3 Å². The van der Waals surface area contributed by atoms with Gasteiger partial charge >= 0.3 is 19.8 Å². The first-order chi connectivity index (χ1) is 26.2. The molecule has 0 fully saturated rings. The summed E-state index contributed by atoms with van der Waals surface area (Å²) in [5.41, 5.74) is 0. The third-order valence-corrected chi connectivity index (χ3v) is 10.0. The van der Waals surface area contributed by atoms with E-state index in [0.717, 1.165) is 70.6 Å². The van der Waals surface area contributed by atoms with Gasteiger partial charge in [0.15, 0.2) is 6.10 Å². The molecule has 0 rings (SSSR count). The molecule has 0 aromatic carbocycles. The maximum atomic E-state index is 12.7. The molecule has 0 saturated carbocycles. The minimum Gasteiger partial charge on any atom is -0.462 e. The third-order valence-electron chi connectivity index (χ3n) is 9.06. The molecule has 0 aliphatic heterocycles. The fourth-order valence-corrected chi connectivity index (χ4v) is 6.40. The molecule has 1 unspecified atom stereocenters. The van der Waals surface area contributed by atoms with Crippen molar-refractivity contribution in [1.82, 2.24) is 0 Å². The van der Waals surface area contributed by atoms with Crippen molar-refractivity contribution in [1.29, 1.82) is 0 Å². The molecule has 0 aromatic heterocycles. The standard InChI is InChI=1S/C43H82NO8P/c1-6-8-10-12-14-16-18-20-22-24-26-28-30-32-34-36-43(46)52-41(40-51-53(47,48)50-38-37-44(3,4)5)39-49-42(45)35-33-31-29-27-25-23-21-19-17-15-13-11-9-7-2/h14,16,20,22,41H,6-13,15,17-19,21,23-40H2,1-5H3/p+1/b16-14-,22-20-/t41-/m1/s1/i18D2. The summed E-state index contributed by atoms with van der Waals surface area (Å²) in [6, 6.07) is 0. The highest BCUT2D eigenvalue weighted by Gasteiger charge is 2.27. The molecule has 0 radical (unpaired) electrons. The lowest BCUT2D eigenvalue weighted by Gasteiger charge is -2.24. The van der Waals surface area contributed by atoms with Gasteiger partial charge in [0.1, 0.15) is 19.8 Å². The summed E-state index contributed by atoms with van der Waals surface area (Å²) < 4.78 is 50.4. The number of quaternary nitrogens is 1. The number of phosphoric acid groups is 1. The van der Waals surface area contributed by atoms with E-state index in [1.54, 1.807) is 12.2 Å². The van der Waals surface area contributed by atoms with E-state index in [9.17, 15) is 19.0 Å². The molecule has 2 atom stereocenters. The fraction of sp³-hybridized carbons (Fsp3) is 0.860. The van der Waals surface area contributed by atoms with Crippen LogP contribution in [0.5, 0.6) is 0 Å². The number of phosphoric ester groups is 1. The normalized spacial score (nSPS) is 14.7. The number of nitrogens with zero attached hydrogens (tertiary/aromatic N) is 1. The molecule has 0 amide bonds. The van der Waals surface area contributed by atoms with Crippen LogP contribution in [0, 0.1) is 0 Å². The van der Waals surface area contributed by atoms with Gasteiger partial charge < -0.3 is 18.9 Å². The van der Waals surface area contributed by atoms with Crippen molar-refractivity contribution in [2.75, 3.05) is 47.5 Å². The summed E-state index contributed by atoms with van der Waals surface area (Å²) in [5.74, 6) is -0.875. The molecular weight excluding hydrogens is 689 g/mol. The number of carbonyl (C=O) groups excluding carboxylic acids is 2.